The largest absolute Gasteiger partial charge is 0.491 e. The lowest BCUT2D eigenvalue weighted by molar-refractivity contribution is 0.0215. The van der Waals surface area contributed by atoms with Crippen molar-refractivity contribution in [2.24, 2.45) is 5.41 Å². The van der Waals surface area contributed by atoms with Gasteiger partial charge in [0, 0.05) is 4.88 Å². The molecule has 0 aliphatic heterocycles. The average molecular weight is 433 g/mol. The lowest BCUT2D eigenvalue weighted by Gasteiger charge is -2.26. The van der Waals surface area contributed by atoms with E-state index in [0.717, 1.165) is 31.4 Å². The summed E-state index contributed by atoms with van der Waals surface area (Å²) in [5.41, 5.74) is 2.27. The highest BCUT2D eigenvalue weighted by atomic mass is 32.1. The molecule has 2 aromatic rings. The molecule has 2 unspecified atom stereocenters. The predicted molar refractivity (Wildman–Crippen MR) is 124 cm³/mol. The van der Waals surface area contributed by atoms with Gasteiger partial charge in [-0.15, -0.1) is 11.3 Å². The van der Waals surface area contributed by atoms with Gasteiger partial charge in [-0.1, -0.05) is 46.8 Å². The molecule has 0 aliphatic carbocycles. The summed E-state index contributed by atoms with van der Waals surface area (Å²) in [5.74, 6) is 1.02. The summed E-state index contributed by atoms with van der Waals surface area (Å²) in [6.45, 7) is 10.6. The van der Waals surface area contributed by atoms with Gasteiger partial charge in [-0.2, -0.15) is 0 Å². The minimum absolute atomic E-state index is 0.197. The van der Waals surface area contributed by atoms with Crippen LogP contribution >= 0.6 is 11.3 Å². The first-order valence-electron chi connectivity index (χ1n) is 10.8. The van der Waals surface area contributed by atoms with Gasteiger partial charge in [-0.25, -0.2) is 4.79 Å². The summed E-state index contributed by atoms with van der Waals surface area (Å²) >= 11 is 1.54. The van der Waals surface area contributed by atoms with Crippen LogP contribution in [0.4, 0.5) is 0 Å². The van der Waals surface area contributed by atoms with Gasteiger partial charge in [0.15, 0.2) is 0 Å². The van der Waals surface area contributed by atoms with E-state index in [4.69, 9.17) is 9.47 Å². The Morgan fingerprint density at radius 3 is 2.50 bits per heavy atom. The highest BCUT2D eigenvalue weighted by Gasteiger charge is 2.23. The van der Waals surface area contributed by atoms with Crippen molar-refractivity contribution in [2.75, 3.05) is 13.7 Å². The number of aryl methyl sites for hydroxylation is 2. The van der Waals surface area contributed by atoms with Crippen LogP contribution in [-0.4, -0.2) is 30.9 Å². The molecule has 0 amide bonds. The minimum Gasteiger partial charge on any atom is -0.491 e. The van der Waals surface area contributed by atoms with Crippen molar-refractivity contribution < 1.29 is 19.4 Å². The summed E-state index contributed by atoms with van der Waals surface area (Å²) in [7, 11) is 1.42. The van der Waals surface area contributed by atoms with Gasteiger partial charge in [0.25, 0.3) is 0 Å². The molecule has 1 N–H and O–H groups in total. The van der Waals surface area contributed by atoms with E-state index in [9.17, 15) is 9.90 Å². The Labute approximate surface area is 185 Å². The van der Waals surface area contributed by atoms with Gasteiger partial charge in [0.1, 0.15) is 17.2 Å². The first-order chi connectivity index (χ1) is 14.2. The third kappa shape index (κ3) is 6.58. The Kier molecular flexibility index (Phi) is 8.92. The molecule has 30 heavy (non-hydrogen) atoms. The van der Waals surface area contributed by atoms with Crippen LogP contribution in [0.5, 0.6) is 5.75 Å². The van der Waals surface area contributed by atoms with E-state index in [0.29, 0.717) is 17.4 Å². The fraction of sp³-hybridized carbons (Fsp3) is 0.560. The van der Waals surface area contributed by atoms with E-state index >= 15 is 0 Å². The zero-order chi connectivity index (χ0) is 22.3. The van der Waals surface area contributed by atoms with Crippen molar-refractivity contribution in [1.29, 1.82) is 0 Å². The zero-order valence-corrected chi connectivity index (χ0v) is 20.0. The number of carbonyl (C=O) groups excluding carboxylic acids is 1. The van der Waals surface area contributed by atoms with Gasteiger partial charge in [-0.05, 0) is 66.3 Å². The number of aliphatic hydroxyl groups excluding tert-OH is 1. The third-order valence-corrected chi connectivity index (χ3v) is 6.82. The van der Waals surface area contributed by atoms with Crippen LogP contribution in [0.2, 0.25) is 0 Å². The minimum atomic E-state index is -0.507. The molecule has 0 saturated heterocycles. The van der Waals surface area contributed by atoms with Crippen LogP contribution in [0.25, 0.3) is 0 Å². The van der Waals surface area contributed by atoms with E-state index in [1.54, 1.807) is 0 Å². The van der Waals surface area contributed by atoms with Gasteiger partial charge >= 0.3 is 5.97 Å². The zero-order valence-electron chi connectivity index (χ0n) is 19.2. The Morgan fingerprint density at radius 2 is 1.90 bits per heavy atom. The quantitative estimate of drug-likeness (QED) is 0.467. The molecule has 0 saturated carbocycles. The molecule has 0 bridgehead atoms. The van der Waals surface area contributed by atoms with Crippen LogP contribution in [0.3, 0.4) is 0 Å². The van der Waals surface area contributed by atoms with Gasteiger partial charge in [0.05, 0.1) is 13.2 Å². The summed E-state index contributed by atoms with van der Waals surface area (Å²) in [6, 6.07) is 10.3. The number of thiophene rings is 1. The maximum Gasteiger partial charge on any atom is 0.348 e. The predicted octanol–water partition coefficient (Wildman–Crippen LogP) is 6.01. The topological polar surface area (TPSA) is 55.8 Å². The molecule has 2 atom stereocenters. The summed E-state index contributed by atoms with van der Waals surface area (Å²) < 4.78 is 10.8. The molecule has 0 radical (unpaired) electrons. The van der Waals surface area contributed by atoms with Gasteiger partial charge < -0.3 is 14.6 Å². The molecule has 0 spiro atoms. The molecule has 166 valence electrons. The molecule has 1 aromatic heterocycles. The number of esters is 1. The van der Waals surface area contributed by atoms with E-state index in [1.807, 2.05) is 32.9 Å². The Bertz CT molecular complexity index is 819. The monoisotopic (exact) mass is 432 g/mol. The van der Waals surface area contributed by atoms with Crippen molar-refractivity contribution in [3.8, 4) is 5.75 Å². The molecule has 0 fully saturated rings. The van der Waals surface area contributed by atoms with Crippen LogP contribution in [-0.2, 0) is 17.6 Å². The van der Waals surface area contributed by atoms with E-state index in [1.165, 1.54) is 34.5 Å². The smallest absolute Gasteiger partial charge is 0.348 e. The molecular weight excluding hydrogens is 396 g/mol. The fourth-order valence-corrected chi connectivity index (χ4v) is 4.44. The normalized spacial score (nSPS) is 13.7. The van der Waals surface area contributed by atoms with Crippen molar-refractivity contribution in [1.82, 2.24) is 0 Å². The number of hydrogen-bond donors (Lipinski definition) is 1. The summed E-state index contributed by atoms with van der Waals surface area (Å²) in [5, 5.41) is 10.2. The van der Waals surface area contributed by atoms with Crippen molar-refractivity contribution in [3.63, 3.8) is 0 Å². The molecule has 2 rings (SSSR count). The van der Waals surface area contributed by atoms with Crippen LogP contribution in [0.1, 0.15) is 79.1 Å². The van der Waals surface area contributed by atoms with Crippen molar-refractivity contribution in [3.05, 3.63) is 51.2 Å². The molecule has 1 heterocycles. The molecule has 4 nitrogen and oxygen atoms in total. The third-order valence-electron chi connectivity index (χ3n) is 5.59. The van der Waals surface area contributed by atoms with E-state index in [-0.39, 0.29) is 11.4 Å². The number of carbonyl (C=O) groups is 1. The number of aliphatic hydroxyl groups is 1. The first kappa shape index (κ1) is 24.4. The number of rotatable bonds is 10. The van der Waals surface area contributed by atoms with E-state index in [2.05, 4.69) is 32.0 Å². The molecule has 0 aliphatic rings. The Morgan fingerprint density at radius 1 is 1.17 bits per heavy atom. The number of benzene rings is 1. The summed E-state index contributed by atoms with van der Waals surface area (Å²) in [6.07, 6.45) is 3.42. The van der Waals surface area contributed by atoms with Crippen molar-refractivity contribution in [2.45, 2.75) is 72.3 Å². The first-order valence-corrected chi connectivity index (χ1v) is 11.6. The maximum absolute atomic E-state index is 11.7. The second-order valence-electron chi connectivity index (χ2n) is 8.83. The highest BCUT2D eigenvalue weighted by molar-refractivity contribution is 7.14. The fourth-order valence-electron chi connectivity index (χ4n) is 3.30. The number of hydrogen-bond acceptors (Lipinski definition) is 5. The SMILES string of the molecule is CCc1cc(CCC(CC)c2ccc(C(=O)OC)s2)ccc1OCC(O)C(C)(C)C. The lowest BCUT2D eigenvalue weighted by Crippen LogP contribution is -2.32. The van der Waals surface area contributed by atoms with Gasteiger partial charge in [0.2, 0.25) is 0 Å². The number of ether oxygens (including phenoxy) is 2. The Hall–Kier alpha value is -1.85. The highest BCUT2D eigenvalue weighted by Crippen LogP contribution is 2.32. The Balaban J connectivity index is 2.02. The second-order valence-corrected chi connectivity index (χ2v) is 9.94. The summed E-state index contributed by atoms with van der Waals surface area (Å²) in [4.78, 5) is 13.6. The molecule has 1 aromatic carbocycles. The standard InChI is InChI=1S/C25H36O4S/c1-7-18(21-13-14-22(30-21)24(27)28-6)11-9-17-10-12-20(19(8-2)15-17)29-16-23(26)25(3,4)5/h10,12-15,18,23,26H,7-9,11,16H2,1-6H3. The number of methoxy groups -OCH3 is 1. The lowest BCUT2D eigenvalue weighted by atomic mass is 9.90. The van der Waals surface area contributed by atoms with Crippen LogP contribution in [0, 0.1) is 5.41 Å². The van der Waals surface area contributed by atoms with Crippen LogP contribution < -0.4 is 4.74 Å². The molecule has 5 heteroatoms. The maximum atomic E-state index is 11.7. The van der Waals surface area contributed by atoms with Crippen molar-refractivity contribution >= 4 is 17.3 Å². The average Bonchev–Trinajstić information content (AvgIpc) is 3.21. The van der Waals surface area contributed by atoms with Gasteiger partial charge in [-0.3, -0.25) is 0 Å². The van der Waals surface area contributed by atoms with Crippen LogP contribution in [0.15, 0.2) is 30.3 Å². The van der Waals surface area contributed by atoms with E-state index < -0.39 is 6.10 Å². The molecular formula is C25H36O4S. The second kappa shape index (κ2) is 11.0.